The van der Waals surface area contributed by atoms with Crippen LogP contribution in [0.1, 0.15) is 40.2 Å². The number of ether oxygens (including phenoxy) is 1. The molecule has 3 aromatic carbocycles. The van der Waals surface area contributed by atoms with Gasteiger partial charge in [0.05, 0.1) is 6.54 Å². The van der Waals surface area contributed by atoms with Crippen LogP contribution >= 0.6 is 0 Å². The maximum atomic E-state index is 13.2. The van der Waals surface area contributed by atoms with Gasteiger partial charge in [-0.15, -0.1) is 0 Å². The molecule has 0 fully saturated rings. The van der Waals surface area contributed by atoms with Crippen LogP contribution in [0.5, 0.6) is 0 Å². The highest BCUT2D eigenvalue weighted by Crippen LogP contribution is 2.25. The molecule has 1 unspecified atom stereocenters. The number of aliphatic hydroxyl groups excluding tert-OH is 1. The Labute approximate surface area is 235 Å². The topological polar surface area (TPSA) is 128 Å². The van der Waals surface area contributed by atoms with Crippen LogP contribution in [-0.4, -0.2) is 64.0 Å². The highest BCUT2D eigenvalue weighted by Gasteiger charge is 2.30. The minimum Gasteiger partial charge on any atom is -0.458 e. The molecule has 214 valence electrons. The molecule has 0 saturated carbocycles. The lowest BCUT2D eigenvalue weighted by atomic mass is 9.98. The van der Waals surface area contributed by atoms with Gasteiger partial charge in [-0.25, -0.2) is 15.1 Å². The number of benzene rings is 3. The number of rotatable bonds is 10. The van der Waals surface area contributed by atoms with Crippen LogP contribution in [0.3, 0.4) is 0 Å². The van der Waals surface area contributed by atoms with E-state index in [-0.39, 0.29) is 25.4 Å². The Morgan fingerprint density at radius 3 is 2.12 bits per heavy atom. The smallest absolute Gasteiger partial charge is 0.329 e. The molecule has 4 N–H and O–H groups in total. The molecule has 9 nitrogen and oxygen atoms in total. The van der Waals surface area contributed by atoms with Crippen LogP contribution in [0.15, 0.2) is 66.7 Å². The van der Waals surface area contributed by atoms with E-state index in [1.54, 1.807) is 20.8 Å². The average molecular weight is 550 g/mol. The molecule has 0 aromatic heterocycles. The second-order valence-electron chi connectivity index (χ2n) is 11.3. The van der Waals surface area contributed by atoms with Crippen molar-refractivity contribution in [1.82, 2.24) is 15.7 Å². The van der Waals surface area contributed by atoms with Crippen molar-refractivity contribution in [3.63, 3.8) is 0 Å². The molecule has 3 aromatic rings. The maximum absolute atomic E-state index is 13.2. The van der Waals surface area contributed by atoms with Crippen molar-refractivity contribution < 1.29 is 29.4 Å². The predicted molar refractivity (Wildman–Crippen MR) is 154 cm³/mol. The van der Waals surface area contributed by atoms with Gasteiger partial charge in [-0.3, -0.25) is 10.0 Å². The van der Waals surface area contributed by atoms with E-state index >= 15 is 0 Å². The van der Waals surface area contributed by atoms with E-state index in [0.717, 1.165) is 27.5 Å². The molecule has 0 saturated heterocycles. The maximum Gasteiger partial charge on any atom is 0.329 e. The SMILES string of the molecule is CC(C)CN(CC(O)C(=O)NO)C(=O)N[C@@H](Cc1ccc(-c2ccc3ccccc3c2)cc1)C(=O)OC(C)(C)C. The third-order valence-corrected chi connectivity index (χ3v) is 6.14. The van der Waals surface area contributed by atoms with E-state index in [1.807, 2.05) is 50.2 Å². The molecule has 2 atom stereocenters. The summed E-state index contributed by atoms with van der Waals surface area (Å²) in [5.41, 5.74) is 3.51. The van der Waals surface area contributed by atoms with Gasteiger partial charge < -0.3 is 20.1 Å². The summed E-state index contributed by atoms with van der Waals surface area (Å²) in [6.07, 6.45) is -1.47. The van der Waals surface area contributed by atoms with Crippen LogP contribution in [0, 0.1) is 5.92 Å². The summed E-state index contributed by atoms with van der Waals surface area (Å²) in [7, 11) is 0. The van der Waals surface area contributed by atoms with E-state index in [2.05, 4.69) is 35.6 Å². The van der Waals surface area contributed by atoms with Crippen molar-refractivity contribution in [2.45, 2.75) is 58.8 Å². The van der Waals surface area contributed by atoms with E-state index in [1.165, 1.54) is 10.4 Å². The lowest BCUT2D eigenvalue weighted by molar-refractivity contribution is -0.157. The van der Waals surface area contributed by atoms with Gasteiger partial charge in [-0.05, 0) is 60.2 Å². The van der Waals surface area contributed by atoms with Crippen molar-refractivity contribution in [2.24, 2.45) is 5.92 Å². The first-order valence-corrected chi connectivity index (χ1v) is 13.3. The number of hydroxylamine groups is 1. The summed E-state index contributed by atoms with van der Waals surface area (Å²) < 4.78 is 5.59. The van der Waals surface area contributed by atoms with Crippen LogP contribution in [0.25, 0.3) is 21.9 Å². The second-order valence-corrected chi connectivity index (χ2v) is 11.3. The van der Waals surface area contributed by atoms with Crippen LogP contribution < -0.4 is 10.8 Å². The zero-order valence-corrected chi connectivity index (χ0v) is 23.7. The number of fused-ring (bicyclic) bond motifs is 1. The Morgan fingerprint density at radius 2 is 1.52 bits per heavy atom. The fourth-order valence-electron chi connectivity index (χ4n) is 4.29. The van der Waals surface area contributed by atoms with Gasteiger partial charge in [0.2, 0.25) is 0 Å². The minimum absolute atomic E-state index is 0.0118. The number of aliphatic hydroxyl groups is 1. The van der Waals surface area contributed by atoms with Gasteiger partial charge in [0.25, 0.3) is 5.91 Å². The molecule has 3 amide bonds. The molecule has 0 heterocycles. The monoisotopic (exact) mass is 549 g/mol. The van der Waals surface area contributed by atoms with Gasteiger partial charge in [0, 0.05) is 13.0 Å². The molecule has 40 heavy (non-hydrogen) atoms. The molecule has 3 rings (SSSR count). The molecule has 0 spiro atoms. The van der Waals surface area contributed by atoms with E-state index in [0.29, 0.717) is 0 Å². The van der Waals surface area contributed by atoms with Gasteiger partial charge in [0.15, 0.2) is 6.10 Å². The minimum atomic E-state index is -1.64. The van der Waals surface area contributed by atoms with Crippen molar-refractivity contribution in [3.8, 4) is 11.1 Å². The number of esters is 1. The van der Waals surface area contributed by atoms with Gasteiger partial charge in [-0.1, -0.05) is 74.5 Å². The fraction of sp³-hybridized carbons (Fsp3) is 0.387. The van der Waals surface area contributed by atoms with Crippen LogP contribution in [-0.2, 0) is 20.7 Å². The molecule has 0 aliphatic heterocycles. The molecule has 0 radical (unpaired) electrons. The Balaban J connectivity index is 1.81. The molecular formula is C31H39N3O6. The molecule has 9 heteroatoms. The fourth-order valence-corrected chi connectivity index (χ4v) is 4.29. The summed E-state index contributed by atoms with van der Waals surface area (Å²) in [6.45, 7) is 8.84. The van der Waals surface area contributed by atoms with Crippen molar-refractivity contribution >= 4 is 28.7 Å². The lowest BCUT2D eigenvalue weighted by Crippen LogP contribution is -2.53. The first-order chi connectivity index (χ1) is 18.9. The largest absolute Gasteiger partial charge is 0.458 e. The first kappa shape index (κ1) is 30.6. The number of nitrogens with zero attached hydrogens (tertiary/aromatic N) is 1. The Bertz CT molecular complexity index is 1320. The zero-order valence-electron chi connectivity index (χ0n) is 23.7. The first-order valence-electron chi connectivity index (χ1n) is 13.3. The second kappa shape index (κ2) is 13.4. The van der Waals surface area contributed by atoms with E-state index < -0.39 is 35.7 Å². The number of amides is 3. The van der Waals surface area contributed by atoms with Crippen molar-refractivity contribution in [1.29, 1.82) is 0 Å². The summed E-state index contributed by atoms with van der Waals surface area (Å²) in [6, 6.07) is 20.5. The standard InChI is InChI=1S/C31H39N3O6/c1-20(2)18-34(19-27(35)28(36)33-39)30(38)32-26(29(37)40-31(3,4)5)16-21-10-12-23(13-11-21)25-15-14-22-8-6-7-9-24(22)17-25/h6-15,17,20,26-27,35,39H,16,18-19H2,1-5H3,(H,32,38)(H,33,36)/t26-,27?/m0/s1. The summed E-state index contributed by atoms with van der Waals surface area (Å²) >= 11 is 0. The highest BCUT2D eigenvalue weighted by molar-refractivity contribution is 5.87. The highest BCUT2D eigenvalue weighted by atomic mass is 16.6. The van der Waals surface area contributed by atoms with Crippen molar-refractivity contribution in [3.05, 3.63) is 72.3 Å². The van der Waals surface area contributed by atoms with E-state index in [9.17, 15) is 19.5 Å². The Morgan fingerprint density at radius 1 is 0.900 bits per heavy atom. The van der Waals surface area contributed by atoms with Crippen LogP contribution in [0.2, 0.25) is 0 Å². The lowest BCUT2D eigenvalue weighted by Gasteiger charge is -2.30. The third-order valence-electron chi connectivity index (χ3n) is 6.14. The quantitative estimate of drug-likeness (QED) is 0.170. The summed E-state index contributed by atoms with van der Waals surface area (Å²) in [4.78, 5) is 39.3. The Hall–Kier alpha value is -3.95. The molecular weight excluding hydrogens is 510 g/mol. The number of hydrogen-bond acceptors (Lipinski definition) is 6. The van der Waals surface area contributed by atoms with Crippen LogP contribution in [0.4, 0.5) is 4.79 Å². The number of urea groups is 1. The van der Waals surface area contributed by atoms with Gasteiger partial charge in [-0.2, -0.15) is 0 Å². The van der Waals surface area contributed by atoms with Crippen molar-refractivity contribution in [2.75, 3.05) is 13.1 Å². The molecule has 0 aliphatic carbocycles. The molecule has 0 aliphatic rings. The number of carbonyl (C=O) groups excluding carboxylic acids is 3. The summed E-state index contributed by atoms with van der Waals surface area (Å²) in [5, 5.41) is 23.9. The van der Waals surface area contributed by atoms with Gasteiger partial charge in [0.1, 0.15) is 11.6 Å². The average Bonchev–Trinajstić information content (AvgIpc) is 2.90. The molecule has 0 bridgehead atoms. The summed E-state index contributed by atoms with van der Waals surface area (Å²) in [5.74, 6) is -1.62. The predicted octanol–water partition coefficient (Wildman–Crippen LogP) is 4.29. The third kappa shape index (κ3) is 8.79. The zero-order chi connectivity index (χ0) is 29.4. The Kier molecular flexibility index (Phi) is 10.3. The van der Waals surface area contributed by atoms with Gasteiger partial charge >= 0.3 is 12.0 Å². The number of nitrogens with one attached hydrogen (secondary N) is 2. The normalized spacial score (nSPS) is 13.0. The number of carbonyl (C=O) groups is 3. The number of hydrogen-bond donors (Lipinski definition) is 4. The van der Waals surface area contributed by atoms with E-state index in [4.69, 9.17) is 9.94 Å².